The smallest absolute Gasteiger partial charge is 0.407 e. The Balaban J connectivity index is 1.81. The number of benzene rings is 2. The van der Waals surface area contributed by atoms with Crippen LogP contribution in [-0.4, -0.2) is 41.4 Å². The topological polar surface area (TPSA) is 172 Å². The fraction of sp³-hybridized carbons (Fsp3) is 0.417. The summed E-state index contributed by atoms with van der Waals surface area (Å²) < 4.78 is 10.9. The van der Waals surface area contributed by atoms with E-state index >= 15 is 0 Å². The number of carbonyl (C=O) groups excluding carboxylic acids is 2. The molecule has 0 aliphatic heterocycles. The third-order valence-electron chi connectivity index (χ3n) is 4.67. The number of rotatable bonds is 11. The summed E-state index contributed by atoms with van der Waals surface area (Å²) in [7, 11) is 0. The Morgan fingerprint density at radius 3 is 2.26 bits per heavy atom. The van der Waals surface area contributed by atoms with E-state index in [1.54, 1.807) is 69.3 Å². The van der Waals surface area contributed by atoms with Crippen LogP contribution in [0.4, 0.5) is 16.2 Å². The monoisotopic (exact) mass is 484 g/mol. The number of carbonyl (C=O) groups is 2. The molecular formula is C24H32N6O5. The molecule has 2 aromatic rings. The van der Waals surface area contributed by atoms with Crippen molar-refractivity contribution in [2.45, 2.75) is 57.8 Å². The van der Waals surface area contributed by atoms with Gasteiger partial charge in [-0.3, -0.25) is 4.79 Å². The van der Waals surface area contributed by atoms with Crippen LogP contribution in [0, 0.1) is 0 Å². The van der Waals surface area contributed by atoms with Crippen LogP contribution in [0.3, 0.4) is 0 Å². The average molecular weight is 485 g/mol. The molecule has 2 aromatic carbocycles. The van der Waals surface area contributed by atoms with Gasteiger partial charge in [-0.05, 0) is 87.7 Å². The van der Waals surface area contributed by atoms with E-state index in [0.29, 0.717) is 42.3 Å². The highest BCUT2D eigenvalue weighted by Crippen LogP contribution is 2.24. The molecule has 2 rings (SSSR count). The van der Waals surface area contributed by atoms with Crippen molar-refractivity contribution in [3.63, 3.8) is 0 Å². The van der Waals surface area contributed by atoms with Gasteiger partial charge in [0, 0.05) is 22.8 Å². The summed E-state index contributed by atoms with van der Waals surface area (Å²) in [4.78, 5) is 26.9. The number of aliphatic hydroxyl groups excluding tert-OH is 1. The Hall–Kier alpha value is -3.95. The van der Waals surface area contributed by atoms with Crippen LogP contribution in [-0.2, 0) is 9.53 Å². The number of anilines is 2. The van der Waals surface area contributed by atoms with E-state index in [0.717, 1.165) is 0 Å². The maximum absolute atomic E-state index is 12.5. The zero-order valence-electron chi connectivity index (χ0n) is 20.1. The van der Waals surface area contributed by atoms with Crippen molar-refractivity contribution < 1.29 is 24.2 Å². The normalized spacial score (nSPS) is 12.6. The number of nitrogens with one attached hydrogen (secondary N) is 2. The Kier molecular flexibility index (Phi) is 10.2. The molecule has 5 N–H and O–H groups in total. The molecule has 11 nitrogen and oxygen atoms in total. The van der Waals surface area contributed by atoms with Crippen molar-refractivity contribution in [1.29, 1.82) is 0 Å². The van der Waals surface area contributed by atoms with Crippen LogP contribution < -0.4 is 21.1 Å². The second kappa shape index (κ2) is 13.1. The van der Waals surface area contributed by atoms with E-state index in [1.807, 2.05) is 0 Å². The van der Waals surface area contributed by atoms with Gasteiger partial charge in [0.2, 0.25) is 0 Å². The van der Waals surface area contributed by atoms with Crippen molar-refractivity contribution in [2.24, 2.45) is 5.11 Å². The van der Waals surface area contributed by atoms with Gasteiger partial charge in [-0.25, -0.2) is 4.79 Å². The quantitative estimate of drug-likeness (QED) is 0.118. The van der Waals surface area contributed by atoms with Gasteiger partial charge in [0.1, 0.15) is 23.2 Å². The maximum Gasteiger partial charge on any atom is 0.407 e. The third-order valence-corrected chi connectivity index (χ3v) is 4.67. The van der Waals surface area contributed by atoms with Gasteiger partial charge in [-0.1, -0.05) is 11.5 Å². The van der Waals surface area contributed by atoms with Crippen molar-refractivity contribution in [3.8, 4) is 11.5 Å². The van der Waals surface area contributed by atoms with Gasteiger partial charge >= 0.3 is 6.09 Å². The molecule has 0 fully saturated rings. The fourth-order valence-corrected chi connectivity index (χ4v) is 3.00. The zero-order chi connectivity index (χ0) is 25.8. The van der Waals surface area contributed by atoms with Gasteiger partial charge in [-0.2, -0.15) is 0 Å². The summed E-state index contributed by atoms with van der Waals surface area (Å²) in [6, 6.07) is 12.6. The molecule has 0 bridgehead atoms. The molecule has 0 saturated heterocycles. The van der Waals surface area contributed by atoms with Gasteiger partial charge < -0.3 is 30.9 Å². The number of alkyl carbamates (subject to hydrolysis) is 1. The van der Waals surface area contributed by atoms with Crippen LogP contribution in [0.1, 0.15) is 40.0 Å². The number of nitrogen functional groups attached to an aromatic ring is 1. The second-order valence-electron chi connectivity index (χ2n) is 8.83. The highest BCUT2D eigenvalue weighted by molar-refractivity contribution is 5.94. The van der Waals surface area contributed by atoms with E-state index in [9.17, 15) is 14.7 Å². The predicted octanol–water partition coefficient (Wildman–Crippen LogP) is 4.73. The number of amides is 2. The summed E-state index contributed by atoms with van der Waals surface area (Å²) in [5, 5.41) is 19.2. The van der Waals surface area contributed by atoms with Crippen molar-refractivity contribution in [2.75, 3.05) is 17.6 Å². The molecule has 188 valence electrons. The minimum absolute atomic E-state index is 0.267. The summed E-state index contributed by atoms with van der Waals surface area (Å²) >= 11 is 0. The predicted molar refractivity (Wildman–Crippen MR) is 133 cm³/mol. The molecule has 0 unspecified atom stereocenters. The lowest BCUT2D eigenvalue weighted by Crippen LogP contribution is -2.37. The Morgan fingerprint density at radius 1 is 1.09 bits per heavy atom. The number of unbranched alkanes of at least 4 members (excludes halogenated alkanes) is 1. The Bertz CT molecular complexity index is 1010. The fourth-order valence-electron chi connectivity index (χ4n) is 3.00. The van der Waals surface area contributed by atoms with Gasteiger partial charge in [-0.15, -0.1) is 0 Å². The molecule has 2 amide bonds. The third kappa shape index (κ3) is 10.2. The first-order chi connectivity index (χ1) is 16.6. The van der Waals surface area contributed by atoms with Crippen LogP contribution >= 0.6 is 0 Å². The van der Waals surface area contributed by atoms with Crippen LogP contribution in [0.25, 0.3) is 10.4 Å². The Morgan fingerprint density at radius 2 is 1.69 bits per heavy atom. The molecule has 2 atom stereocenters. The molecule has 0 saturated carbocycles. The number of ether oxygens (including phenoxy) is 2. The van der Waals surface area contributed by atoms with Crippen LogP contribution in [0.15, 0.2) is 53.6 Å². The van der Waals surface area contributed by atoms with Crippen LogP contribution in [0.5, 0.6) is 11.5 Å². The first-order valence-corrected chi connectivity index (χ1v) is 11.2. The average Bonchev–Trinajstić information content (AvgIpc) is 2.79. The molecule has 0 aliphatic carbocycles. The Labute approximate surface area is 204 Å². The van der Waals surface area contributed by atoms with Crippen molar-refractivity contribution in [1.82, 2.24) is 5.32 Å². The summed E-state index contributed by atoms with van der Waals surface area (Å²) in [5.74, 6) is 0.478. The standard InChI is InChI=1S/C24H32N6O5/c1-24(2,3)35-23(33)27-15-5-4-6-20(29-30-26)21(31)22(32)28-17-9-13-19(14-10-17)34-18-11-7-16(25)8-12-18/h7-14,20-21,31H,4-6,15,25H2,1-3H3,(H,27,33)(H,28,32)/t20-,21-/m0/s1. The first kappa shape index (κ1) is 27.3. The van der Waals surface area contributed by atoms with Crippen LogP contribution in [0.2, 0.25) is 0 Å². The molecule has 0 radical (unpaired) electrons. The SMILES string of the molecule is CC(C)(C)OC(=O)NCCCC[C@H](N=[N+]=[N-])[C@H](O)C(=O)Nc1ccc(Oc2ccc(N)cc2)cc1. The summed E-state index contributed by atoms with van der Waals surface area (Å²) in [5.41, 5.74) is 15.0. The zero-order valence-corrected chi connectivity index (χ0v) is 20.1. The molecular weight excluding hydrogens is 452 g/mol. The number of nitrogens with zero attached hydrogens (tertiary/aromatic N) is 3. The number of hydrogen-bond acceptors (Lipinski definition) is 7. The largest absolute Gasteiger partial charge is 0.457 e. The van der Waals surface area contributed by atoms with Gasteiger partial charge in [0.15, 0.2) is 0 Å². The summed E-state index contributed by atoms with van der Waals surface area (Å²) in [6.45, 7) is 5.67. The van der Waals surface area contributed by atoms with E-state index in [2.05, 4.69) is 20.7 Å². The minimum atomic E-state index is -1.53. The van der Waals surface area contributed by atoms with E-state index in [4.69, 9.17) is 20.7 Å². The molecule has 0 aromatic heterocycles. The lowest BCUT2D eigenvalue weighted by molar-refractivity contribution is -0.125. The highest BCUT2D eigenvalue weighted by atomic mass is 16.6. The first-order valence-electron chi connectivity index (χ1n) is 11.2. The molecule has 0 heterocycles. The lowest BCUT2D eigenvalue weighted by Gasteiger charge is -2.20. The molecule has 35 heavy (non-hydrogen) atoms. The van der Waals surface area contributed by atoms with E-state index in [1.165, 1.54) is 0 Å². The van der Waals surface area contributed by atoms with E-state index in [-0.39, 0.29) is 6.42 Å². The number of aliphatic hydroxyl groups is 1. The highest BCUT2D eigenvalue weighted by Gasteiger charge is 2.25. The molecule has 0 aliphatic rings. The maximum atomic E-state index is 12.5. The molecule has 11 heteroatoms. The number of azide groups is 1. The summed E-state index contributed by atoms with van der Waals surface area (Å²) in [6.07, 6.45) is -0.714. The minimum Gasteiger partial charge on any atom is -0.457 e. The van der Waals surface area contributed by atoms with Crippen molar-refractivity contribution in [3.05, 3.63) is 59.0 Å². The van der Waals surface area contributed by atoms with Crippen molar-refractivity contribution >= 4 is 23.4 Å². The number of hydrogen-bond donors (Lipinski definition) is 4. The van der Waals surface area contributed by atoms with Gasteiger partial charge in [0.25, 0.3) is 5.91 Å². The molecule has 0 spiro atoms. The second-order valence-corrected chi connectivity index (χ2v) is 8.83. The van der Waals surface area contributed by atoms with Gasteiger partial charge in [0.05, 0.1) is 6.04 Å². The van der Waals surface area contributed by atoms with E-state index < -0.39 is 29.7 Å². The number of nitrogens with two attached hydrogens (primary N) is 1. The lowest BCUT2D eigenvalue weighted by atomic mass is 10.0.